The van der Waals surface area contributed by atoms with E-state index in [0.717, 1.165) is 32.3 Å². The summed E-state index contributed by atoms with van der Waals surface area (Å²) in [4.78, 5) is 11.4. The van der Waals surface area contributed by atoms with E-state index in [0.29, 0.717) is 32.8 Å². The molecule has 4 nitrogen and oxygen atoms in total. The van der Waals surface area contributed by atoms with Crippen LogP contribution in [0.4, 0.5) is 0 Å². The Kier molecular flexibility index (Phi) is 24.9. The lowest BCUT2D eigenvalue weighted by Crippen LogP contribution is -2.13. The molecule has 0 radical (unpaired) electrons. The van der Waals surface area contributed by atoms with Gasteiger partial charge in [-0.2, -0.15) is 0 Å². The van der Waals surface area contributed by atoms with Gasteiger partial charge in [0.1, 0.15) is 6.61 Å². The molecule has 0 aliphatic heterocycles. The smallest absolute Gasteiger partial charge is 0.305 e. The quantitative estimate of drug-likeness (QED) is 0.123. The summed E-state index contributed by atoms with van der Waals surface area (Å²) in [6.45, 7) is 7.24. The van der Waals surface area contributed by atoms with Gasteiger partial charge in [0.05, 0.1) is 19.8 Å². The van der Waals surface area contributed by atoms with E-state index in [-0.39, 0.29) is 5.97 Å². The van der Waals surface area contributed by atoms with Gasteiger partial charge >= 0.3 is 5.97 Å². The molecule has 0 spiro atoms. The van der Waals surface area contributed by atoms with Gasteiger partial charge in [-0.15, -0.1) is 0 Å². The molecule has 0 saturated heterocycles. The van der Waals surface area contributed by atoms with Crippen molar-refractivity contribution >= 4 is 5.97 Å². The topological polar surface area (TPSA) is 44.8 Å². The van der Waals surface area contributed by atoms with E-state index in [1.165, 1.54) is 77.0 Å². The Hall–Kier alpha value is -0.610. The molecule has 29 heavy (non-hydrogen) atoms. The van der Waals surface area contributed by atoms with Crippen molar-refractivity contribution in [2.45, 2.75) is 123 Å². The van der Waals surface area contributed by atoms with E-state index in [1.807, 2.05) is 0 Å². The number of esters is 1. The van der Waals surface area contributed by atoms with Crippen LogP contribution < -0.4 is 0 Å². The van der Waals surface area contributed by atoms with Crippen LogP contribution in [0.3, 0.4) is 0 Å². The number of hydrogen-bond acceptors (Lipinski definition) is 4. The SMILES string of the molecule is CCCCCCCCCCCCCCCOCCOCCOC(=O)CCCCC. The van der Waals surface area contributed by atoms with E-state index >= 15 is 0 Å². The minimum atomic E-state index is -0.110. The first-order chi connectivity index (χ1) is 14.3. The van der Waals surface area contributed by atoms with Crippen molar-refractivity contribution in [3.8, 4) is 0 Å². The molecule has 0 saturated carbocycles. The Balaban J connectivity index is 3.06. The van der Waals surface area contributed by atoms with Crippen molar-refractivity contribution in [2.24, 2.45) is 0 Å². The molecule has 0 aromatic heterocycles. The zero-order valence-electron chi connectivity index (χ0n) is 19.7. The van der Waals surface area contributed by atoms with Crippen molar-refractivity contribution < 1.29 is 19.0 Å². The summed E-state index contributed by atoms with van der Waals surface area (Å²) in [5, 5.41) is 0. The van der Waals surface area contributed by atoms with Crippen LogP contribution in [0.1, 0.15) is 123 Å². The first kappa shape index (κ1) is 28.4. The maximum atomic E-state index is 11.4. The highest BCUT2D eigenvalue weighted by atomic mass is 16.6. The van der Waals surface area contributed by atoms with Gasteiger partial charge < -0.3 is 14.2 Å². The van der Waals surface area contributed by atoms with Crippen molar-refractivity contribution in [3.63, 3.8) is 0 Å². The van der Waals surface area contributed by atoms with Gasteiger partial charge in [-0.1, -0.05) is 104 Å². The van der Waals surface area contributed by atoms with Crippen LogP contribution in [0, 0.1) is 0 Å². The zero-order chi connectivity index (χ0) is 21.3. The van der Waals surface area contributed by atoms with Gasteiger partial charge in [-0.05, 0) is 12.8 Å². The molecule has 0 atom stereocenters. The van der Waals surface area contributed by atoms with Crippen molar-refractivity contribution in [3.05, 3.63) is 0 Å². The second-order valence-corrected chi connectivity index (χ2v) is 8.14. The first-order valence-corrected chi connectivity index (χ1v) is 12.6. The third-order valence-electron chi connectivity index (χ3n) is 5.24. The average molecular weight is 415 g/mol. The van der Waals surface area contributed by atoms with Crippen LogP contribution in [-0.4, -0.2) is 39.0 Å². The highest BCUT2D eigenvalue weighted by Gasteiger charge is 2.01. The van der Waals surface area contributed by atoms with Crippen molar-refractivity contribution in [1.29, 1.82) is 0 Å². The third-order valence-corrected chi connectivity index (χ3v) is 5.24. The molecule has 0 aromatic carbocycles. The molecule has 0 aliphatic carbocycles. The summed E-state index contributed by atoms with van der Waals surface area (Å²) < 4.78 is 16.1. The van der Waals surface area contributed by atoms with Crippen LogP contribution in [0.2, 0.25) is 0 Å². The first-order valence-electron chi connectivity index (χ1n) is 12.6. The third kappa shape index (κ3) is 25.4. The minimum absolute atomic E-state index is 0.110. The molecule has 0 amide bonds. The highest BCUT2D eigenvalue weighted by molar-refractivity contribution is 5.69. The van der Waals surface area contributed by atoms with Gasteiger partial charge in [0.2, 0.25) is 0 Å². The number of unbranched alkanes of at least 4 members (excludes halogenated alkanes) is 14. The molecule has 0 bridgehead atoms. The number of rotatable bonds is 24. The standard InChI is InChI=1S/C25H50O4/c1-3-5-7-8-9-10-11-12-13-14-15-16-18-20-27-21-22-28-23-24-29-25(26)19-17-6-4-2/h3-24H2,1-2H3. The molecule has 174 valence electrons. The van der Waals surface area contributed by atoms with Crippen LogP contribution in [0.15, 0.2) is 0 Å². The number of ether oxygens (including phenoxy) is 3. The second-order valence-electron chi connectivity index (χ2n) is 8.14. The fourth-order valence-electron chi connectivity index (χ4n) is 3.35. The highest BCUT2D eigenvalue weighted by Crippen LogP contribution is 2.12. The summed E-state index contributed by atoms with van der Waals surface area (Å²) in [6, 6.07) is 0. The average Bonchev–Trinajstić information content (AvgIpc) is 2.72. The lowest BCUT2D eigenvalue weighted by atomic mass is 10.0. The molecule has 4 heteroatoms. The van der Waals surface area contributed by atoms with E-state index in [2.05, 4.69) is 13.8 Å². The Bertz CT molecular complexity index is 320. The van der Waals surface area contributed by atoms with Crippen molar-refractivity contribution in [2.75, 3.05) is 33.0 Å². The maximum Gasteiger partial charge on any atom is 0.305 e. The lowest BCUT2D eigenvalue weighted by molar-refractivity contribution is -0.145. The van der Waals surface area contributed by atoms with E-state index < -0.39 is 0 Å². The van der Waals surface area contributed by atoms with Gasteiger partial charge in [0.15, 0.2) is 0 Å². The second kappa shape index (κ2) is 25.4. The molecule has 0 aromatic rings. The number of carbonyl (C=O) groups excluding carboxylic acids is 1. The molecular weight excluding hydrogens is 364 g/mol. The van der Waals surface area contributed by atoms with Gasteiger partial charge in [-0.3, -0.25) is 4.79 Å². The summed E-state index contributed by atoms with van der Waals surface area (Å²) in [6.07, 6.45) is 21.5. The maximum absolute atomic E-state index is 11.4. The molecule has 0 rings (SSSR count). The summed E-state index contributed by atoms with van der Waals surface area (Å²) >= 11 is 0. The van der Waals surface area contributed by atoms with E-state index in [4.69, 9.17) is 14.2 Å². The molecule has 0 unspecified atom stereocenters. The van der Waals surface area contributed by atoms with Gasteiger partial charge in [-0.25, -0.2) is 0 Å². The number of carbonyl (C=O) groups is 1. The monoisotopic (exact) mass is 414 g/mol. The molecule has 0 fully saturated rings. The predicted molar refractivity (Wildman–Crippen MR) is 122 cm³/mol. The Morgan fingerprint density at radius 2 is 0.897 bits per heavy atom. The molecular formula is C25H50O4. The fraction of sp³-hybridized carbons (Fsp3) is 0.960. The summed E-state index contributed by atoms with van der Waals surface area (Å²) in [5.41, 5.74) is 0. The Morgan fingerprint density at radius 1 is 0.483 bits per heavy atom. The van der Waals surface area contributed by atoms with E-state index in [1.54, 1.807) is 0 Å². The van der Waals surface area contributed by atoms with Crippen LogP contribution in [0.5, 0.6) is 0 Å². The molecule has 0 aliphatic rings. The van der Waals surface area contributed by atoms with Crippen LogP contribution >= 0.6 is 0 Å². The zero-order valence-corrected chi connectivity index (χ0v) is 19.7. The summed E-state index contributed by atoms with van der Waals surface area (Å²) in [7, 11) is 0. The van der Waals surface area contributed by atoms with Gasteiger partial charge in [0, 0.05) is 13.0 Å². The van der Waals surface area contributed by atoms with E-state index in [9.17, 15) is 4.79 Å². The minimum Gasteiger partial charge on any atom is -0.463 e. The number of hydrogen-bond donors (Lipinski definition) is 0. The van der Waals surface area contributed by atoms with Crippen LogP contribution in [-0.2, 0) is 19.0 Å². The Morgan fingerprint density at radius 3 is 1.45 bits per heavy atom. The largest absolute Gasteiger partial charge is 0.463 e. The van der Waals surface area contributed by atoms with Crippen LogP contribution in [0.25, 0.3) is 0 Å². The Labute approximate surface area is 181 Å². The van der Waals surface area contributed by atoms with Gasteiger partial charge in [0.25, 0.3) is 0 Å². The fourth-order valence-corrected chi connectivity index (χ4v) is 3.35. The summed E-state index contributed by atoms with van der Waals surface area (Å²) in [5.74, 6) is -0.110. The van der Waals surface area contributed by atoms with Crippen molar-refractivity contribution in [1.82, 2.24) is 0 Å². The normalized spacial score (nSPS) is 11.1. The lowest BCUT2D eigenvalue weighted by Gasteiger charge is -2.07. The predicted octanol–water partition coefficient (Wildman–Crippen LogP) is 7.23. The molecule has 0 N–H and O–H groups in total. The molecule has 0 heterocycles.